The van der Waals surface area contributed by atoms with Crippen molar-refractivity contribution in [2.24, 2.45) is 0 Å². The van der Waals surface area contributed by atoms with E-state index in [-0.39, 0.29) is 12.0 Å². The number of nitrogens with one attached hydrogen (secondary N) is 1. The number of methoxy groups -OCH3 is 1. The van der Waals surface area contributed by atoms with Gasteiger partial charge in [-0.1, -0.05) is 5.16 Å². The van der Waals surface area contributed by atoms with Gasteiger partial charge in [0, 0.05) is 38.5 Å². The molecule has 3 rings (SSSR count). The van der Waals surface area contributed by atoms with E-state index in [1.807, 2.05) is 26.0 Å². The number of pyridine rings is 1. The van der Waals surface area contributed by atoms with Crippen LogP contribution in [0.4, 0.5) is 5.82 Å². The lowest BCUT2D eigenvalue weighted by Gasteiger charge is -2.32. The molecule has 1 fully saturated rings. The minimum atomic E-state index is -0.0961. The smallest absolute Gasteiger partial charge is 0.252 e. The molecule has 3 heterocycles. The van der Waals surface area contributed by atoms with Crippen LogP contribution in [0.1, 0.15) is 46.6 Å². The summed E-state index contributed by atoms with van der Waals surface area (Å²) in [6.07, 6.45) is 5.76. The first kappa shape index (κ1) is 19.4. The number of hydrogen-bond acceptors (Lipinski definition) is 6. The summed E-state index contributed by atoms with van der Waals surface area (Å²) in [7, 11) is 1.75. The predicted molar refractivity (Wildman–Crippen MR) is 103 cm³/mol. The maximum absolute atomic E-state index is 12.3. The number of ether oxygens (including phenoxy) is 1. The van der Waals surface area contributed by atoms with Crippen molar-refractivity contribution in [3.8, 4) is 0 Å². The summed E-state index contributed by atoms with van der Waals surface area (Å²) in [6, 6.07) is 3.75. The van der Waals surface area contributed by atoms with Gasteiger partial charge in [-0.05, 0) is 51.7 Å². The maximum atomic E-state index is 12.3. The molecular formula is C20H28N4O3. The van der Waals surface area contributed by atoms with E-state index in [0.29, 0.717) is 12.1 Å². The van der Waals surface area contributed by atoms with Crippen molar-refractivity contribution >= 4 is 11.7 Å². The minimum Gasteiger partial charge on any atom is -0.380 e. The Morgan fingerprint density at radius 3 is 2.93 bits per heavy atom. The summed E-state index contributed by atoms with van der Waals surface area (Å²) in [5, 5.41) is 6.90. The Labute approximate surface area is 160 Å². The highest BCUT2D eigenvalue weighted by molar-refractivity contribution is 5.94. The summed E-state index contributed by atoms with van der Waals surface area (Å²) in [5.41, 5.74) is 2.63. The lowest BCUT2D eigenvalue weighted by atomic mass is 10.1. The molecule has 0 aromatic carbocycles. The SMILES string of the molecule is COC1CCCN(c2ccc(C(=O)NCCCc3c(C)noc3C)cn2)C1. The summed E-state index contributed by atoms with van der Waals surface area (Å²) in [4.78, 5) is 19.0. The molecule has 1 unspecified atom stereocenters. The van der Waals surface area contributed by atoms with Crippen LogP contribution in [-0.4, -0.2) is 48.9 Å². The number of rotatable bonds is 7. The summed E-state index contributed by atoms with van der Waals surface area (Å²) in [5.74, 6) is 1.65. The number of hydrogen-bond donors (Lipinski definition) is 1. The third-order valence-electron chi connectivity index (χ3n) is 5.12. The molecule has 0 spiro atoms. The molecule has 1 saturated heterocycles. The number of aromatic nitrogens is 2. The Kier molecular flexibility index (Phi) is 6.45. The fourth-order valence-electron chi connectivity index (χ4n) is 3.47. The zero-order chi connectivity index (χ0) is 19.2. The van der Waals surface area contributed by atoms with Crippen molar-refractivity contribution in [3.63, 3.8) is 0 Å². The lowest BCUT2D eigenvalue weighted by molar-refractivity contribution is 0.0891. The van der Waals surface area contributed by atoms with Crippen LogP contribution >= 0.6 is 0 Å². The van der Waals surface area contributed by atoms with Crippen LogP contribution in [-0.2, 0) is 11.2 Å². The predicted octanol–water partition coefficient (Wildman–Crippen LogP) is 2.66. The Morgan fingerprint density at radius 1 is 1.41 bits per heavy atom. The van der Waals surface area contributed by atoms with E-state index in [4.69, 9.17) is 9.26 Å². The number of anilines is 1. The molecule has 2 aromatic heterocycles. The van der Waals surface area contributed by atoms with E-state index in [1.165, 1.54) is 0 Å². The average molecular weight is 372 g/mol. The third-order valence-corrected chi connectivity index (χ3v) is 5.12. The van der Waals surface area contributed by atoms with Crippen molar-refractivity contribution in [1.82, 2.24) is 15.5 Å². The topological polar surface area (TPSA) is 80.5 Å². The zero-order valence-corrected chi connectivity index (χ0v) is 16.3. The molecule has 2 aromatic rings. The second-order valence-electron chi connectivity index (χ2n) is 7.01. The van der Waals surface area contributed by atoms with E-state index in [2.05, 4.69) is 20.4 Å². The Balaban J connectivity index is 1.47. The summed E-state index contributed by atoms with van der Waals surface area (Å²) >= 11 is 0. The molecular weight excluding hydrogens is 344 g/mol. The lowest BCUT2D eigenvalue weighted by Crippen LogP contribution is -2.39. The van der Waals surface area contributed by atoms with Crippen LogP contribution in [0.5, 0.6) is 0 Å². The van der Waals surface area contributed by atoms with Gasteiger partial charge in [-0.2, -0.15) is 0 Å². The van der Waals surface area contributed by atoms with Crippen LogP contribution in [0.15, 0.2) is 22.9 Å². The highest BCUT2D eigenvalue weighted by Gasteiger charge is 2.20. The number of nitrogens with zero attached hydrogens (tertiary/aromatic N) is 3. The maximum Gasteiger partial charge on any atom is 0.252 e. The van der Waals surface area contributed by atoms with E-state index in [9.17, 15) is 4.79 Å². The van der Waals surface area contributed by atoms with Crippen LogP contribution < -0.4 is 10.2 Å². The third kappa shape index (κ3) is 4.86. The molecule has 1 aliphatic heterocycles. The largest absolute Gasteiger partial charge is 0.380 e. The van der Waals surface area contributed by atoms with Gasteiger partial charge in [0.05, 0.1) is 17.4 Å². The monoisotopic (exact) mass is 372 g/mol. The Hall–Kier alpha value is -2.41. The number of piperidine rings is 1. The van der Waals surface area contributed by atoms with Gasteiger partial charge < -0.3 is 19.5 Å². The van der Waals surface area contributed by atoms with Crippen molar-refractivity contribution in [1.29, 1.82) is 0 Å². The van der Waals surface area contributed by atoms with Crippen LogP contribution in [0.3, 0.4) is 0 Å². The second kappa shape index (κ2) is 8.99. The zero-order valence-electron chi connectivity index (χ0n) is 16.3. The van der Waals surface area contributed by atoms with Gasteiger partial charge in [0.15, 0.2) is 0 Å². The van der Waals surface area contributed by atoms with Crippen molar-refractivity contribution < 1.29 is 14.1 Å². The highest BCUT2D eigenvalue weighted by atomic mass is 16.5. The van der Waals surface area contributed by atoms with E-state index in [0.717, 1.165) is 61.6 Å². The molecule has 0 aliphatic carbocycles. The van der Waals surface area contributed by atoms with E-state index >= 15 is 0 Å². The molecule has 1 aliphatic rings. The van der Waals surface area contributed by atoms with Gasteiger partial charge in [0.1, 0.15) is 11.6 Å². The molecule has 7 nitrogen and oxygen atoms in total. The van der Waals surface area contributed by atoms with Crippen LogP contribution in [0, 0.1) is 13.8 Å². The number of aryl methyl sites for hydroxylation is 2. The molecule has 1 N–H and O–H groups in total. The standard InChI is InChI=1S/C20H28N4O3/c1-14-18(15(2)27-23-14)7-4-10-21-20(25)16-8-9-19(22-12-16)24-11-5-6-17(13-24)26-3/h8-9,12,17H,4-7,10-11,13H2,1-3H3,(H,21,25). The van der Waals surface area contributed by atoms with Crippen molar-refractivity contribution in [2.45, 2.75) is 45.6 Å². The second-order valence-corrected chi connectivity index (χ2v) is 7.01. The Morgan fingerprint density at radius 2 is 2.26 bits per heavy atom. The van der Waals surface area contributed by atoms with Gasteiger partial charge in [-0.25, -0.2) is 4.98 Å². The van der Waals surface area contributed by atoms with Gasteiger partial charge in [0.25, 0.3) is 5.91 Å². The fourth-order valence-corrected chi connectivity index (χ4v) is 3.47. The molecule has 0 radical (unpaired) electrons. The number of carbonyl (C=O) groups is 1. The van der Waals surface area contributed by atoms with Crippen molar-refractivity contribution in [3.05, 3.63) is 40.9 Å². The molecule has 0 saturated carbocycles. The van der Waals surface area contributed by atoms with E-state index in [1.54, 1.807) is 13.3 Å². The molecule has 1 atom stereocenters. The molecule has 7 heteroatoms. The normalized spacial score (nSPS) is 17.1. The van der Waals surface area contributed by atoms with Crippen LogP contribution in [0.25, 0.3) is 0 Å². The van der Waals surface area contributed by atoms with Gasteiger partial charge in [-0.15, -0.1) is 0 Å². The van der Waals surface area contributed by atoms with E-state index < -0.39 is 0 Å². The van der Waals surface area contributed by atoms with Crippen LogP contribution in [0.2, 0.25) is 0 Å². The van der Waals surface area contributed by atoms with Gasteiger partial charge >= 0.3 is 0 Å². The first-order chi connectivity index (χ1) is 13.1. The van der Waals surface area contributed by atoms with Gasteiger partial charge in [0.2, 0.25) is 0 Å². The quantitative estimate of drug-likeness (QED) is 0.753. The molecule has 0 bridgehead atoms. The molecule has 1 amide bonds. The molecule has 146 valence electrons. The molecule has 27 heavy (non-hydrogen) atoms. The minimum absolute atomic E-state index is 0.0961. The summed E-state index contributed by atoms with van der Waals surface area (Å²) in [6.45, 7) is 6.27. The Bertz CT molecular complexity index is 738. The fraction of sp³-hybridized carbons (Fsp3) is 0.550. The first-order valence-electron chi connectivity index (χ1n) is 9.52. The van der Waals surface area contributed by atoms with Crippen molar-refractivity contribution in [2.75, 3.05) is 31.6 Å². The summed E-state index contributed by atoms with van der Waals surface area (Å²) < 4.78 is 10.6. The number of amides is 1. The number of carbonyl (C=O) groups excluding carboxylic acids is 1. The highest BCUT2D eigenvalue weighted by Crippen LogP contribution is 2.19. The average Bonchev–Trinajstić information content (AvgIpc) is 3.03. The first-order valence-corrected chi connectivity index (χ1v) is 9.52. The van der Waals surface area contributed by atoms with Gasteiger partial charge in [-0.3, -0.25) is 4.79 Å².